The van der Waals surface area contributed by atoms with Gasteiger partial charge in [-0.3, -0.25) is 9.48 Å². The van der Waals surface area contributed by atoms with Crippen LogP contribution in [0.4, 0.5) is 0 Å². The Morgan fingerprint density at radius 2 is 1.90 bits per heavy atom. The maximum Gasteiger partial charge on any atom is 0.329 e. The molecule has 6 nitrogen and oxygen atoms in total. The van der Waals surface area contributed by atoms with Gasteiger partial charge >= 0.3 is 5.97 Å². The number of nitrogens with one attached hydrogen (secondary N) is 1. The van der Waals surface area contributed by atoms with Gasteiger partial charge in [0.15, 0.2) is 0 Å². The van der Waals surface area contributed by atoms with Crippen molar-refractivity contribution in [1.29, 1.82) is 0 Å². The van der Waals surface area contributed by atoms with Crippen LogP contribution in [0.25, 0.3) is 0 Å². The highest BCUT2D eigenvalue weighted by Crippen LogP contribution is 2.31. The number of carbonyl (C=O) groups is 2. The van der Waals surface area contributed by atoms with E-state index in [0.29, 0.717) is 24.6 Å². The van der Waals surface area contributed by atoms with Crippen LogP contribution in [-0.2, 0) is 4.79 Å². The monoisotopic (exact) mass is 291 g/mol. The summed E-state index contributed by atoms with van der Waals surface area (Å²) in [5, 5.41) is 16.4. The number of hydrogen-bond acceptors (Lipinski definition) is 3. The first-order chi connectivity index (χ1) is 10.1. The fourth-order valence-corrected chi connectivity index (χ4v) is 3.48. The smallest absolute Gasteiger partial charge is 0.329 e. The molecule has 21 heavy (non-hydrogen) atoms. The van der Waals surface area contributed by atoms with Crippen molar-refractivity contribution in [2.75, 3.05) is 0 Å². The van der Waals surface area contributed by atoms with Crippen LogP contribution in [0.15, 0.2) is 12.3 Å². The Morgan fingerprint density at radius 3 is 2.52 bits per heavy atom. The molecule has 0 aromatic carbocycles. The van der Waals surface area contributed by atoms with Gasteiger partial charge in [-0.25, -0.2) is 4.79 Å². The zero-order chi connectivity index (χ0) is 14.9. The summed E-state index contributed by atoms with van der Waals surface area (Å²) in [5.41, 5.74) is -0.789. The molecular weight excluding hydrogens is 270 g/mol. The van der Waals surface area contributed by atoms with E-state index in [0.717, 1.165) is 25.7 Å². The maximum atomic E-state index is 12.3. The Labute approximate surface area is 123 Å². The van der Waals surface area contributed by atoms with Crippen molar-refractivity contribution in [1.82, 2.24) is 15.1 Å². The van der Waals surface area contributed by atoms with Crippen molar-refractivity contribution in [3.63, 3.8) is 0 Å². The van der Waals surface area contributed by atoms with Gasteiger partial charge in [-0.15, -0.1) is 0 Å². The van der Waals surface area contributed by atoms with Crippen LogP contribution < -0.4 is 5.32 Å². The van der Waals surface area contributed by atoms with Crippen LogP contribution in [0.5, 0.6) is 0 Å². The lowest BCUT2D eigenvalue weighted by molar-refractivity contribution is -0.144. The largest absolute Gasteiger partial charge is 0.480 e. The maximum absolute atomic E-state index is 12.3. The molecule has 1 aromatic heterocycles. The van der Waals surface area contributed by atoms with Crippen LogP contribution in [0.1, 0.15) is 67.9 Å². The van der Waals surface area contributed by atoms with Crippen LogP contribution in [-0.4, -0.2) is 32.3 Å². The highest BCUT2D eigenvalue weighted by Gasteiger charge is 2.43. The molecule has 2 fully saturated rings. The molecular formula is C15H21N3O3. The third kappa shape index (κ3) is 2.66. The number of carbonyl (C=O) groups excluding carboxylic acids is 1. The number of nitrogens with zero attached hydrogens (tertiary/aromatic N) is 2. The summed E-state index contributed by atoms with van der Waals surface area (Å²) in [5.74, 6) is -1.32. The number of amides is 1. The van der Waals surface area contributed by atoms with Crippen molar-refractivity contribution in [3.05, 3.63) is 18.0 Å². The lowest BCUT2D eigenvalue weighted by atomic mass is 9.97. The molecule has 0 spiro atoms. The Morgan fingerprint density at radius 1 is 1.24 bits per heavy atom. The first-order valence-corrected chi connectivity index (χ1v) is 7.72. The normalized spacial score (nSPS) is 21.5. The van der Waals surface area contributed by atoms with Gasteiger partial charge in [0.2, 0.25) is 0 Å². The van der Waals surface area contributed by atoms with Crippen molar-refractivity contribution < 1.29 is 14.7 Å². The molecule has 2 aliphatic carbocycles. The molecule has 114 valence electrons. The summed E-state index contributed by atoms with van der Waals surface area (Å²) in [6.07, 6.45) is 9.10. The van der Waals surface area contributed by atoms with Gasteiger partial charge in [-0.2, -0.15) is 5.10 Å². The van der Waals surface area contributed by atoms with E-state index in [1.165, 1.54) is 12.8 Å². The van der Waals surface area contributed by atoms with E-state index >= 15 is 0 Å². The molecule has 0 radical (unpaired) electrons. The van der Waals surface area contributed by atoms with E-state index in [2.05, 4.69) is 10.4 Å². The van der Waals surface area contributed by atoms with Crippen LogP contribution in [0.3, 0.4) is 0 Å². The molecule has 0 atom stereocenters. The average molecular weight is 291 g/mol. The Hall–Kier alpha value is -1.85. The summed E-state index contributed by atoms with van der Waals surface area (Å²) in [6, 6.07) is 2.06. The lowest BCUT2D eigenvalue weighted by Crippen LogP contribution is -2.52. The second kappa shape index (κ2) is 5.50. The first kappa shape index (κ1) is 14.1. The minimum absolute atomic E-state index is 0.314. The molecule has 2 N–H and O–H groups in total. The topological polar surface area (TPSA) is 84.2 Å². The number of carboxylic acid groups (broad SMARTS) is 1. The van der Waals surface area contributed by atoms with E-state index in [4.69, 9.17) is 0 Å². The van der Waals surface area contributed by atoms with Gasteiger partial charge < -0.3 is 10.4 Å². The fraction of sp³-hybridized carbons (Fsp3) is 0.667. The van der Waals surface area contributed by atoms with Crippen LogP contribution >= 0.6 is 0 Å². The van der Waals surface area contributed by atoms with Gasteiger partial charge in [0.25, 0.3) is 5.91 Å². The first-order valence-electron chi connectivity index (χ1n) is 7.72. The highest BCUT2D eigenvalue weighted by molar-refractivity contribution is 5.96. The number of aliphatic carboxylic acids is 1. The predicted molar refractivity (Wildman–Crippen MR) is 76.0 cm³/mol. The predicted octanol–water partition coefficient (Wildman–Crippen LogP) is 2.13. The Kier molecular flexibility index (Phi) is 3.69. The third-order valence-electron chi connectivity index (χ3n) is 4.76. The van der Waals surface area contributed by atoms with Crippen LogP contribution in [0, 0.1) is 0 Å². The van der Waals surface area contributed by atoms with Crippen LogP contribution in [0.2, 0.25) is 0 Å². The Balaban J connectivity index is 1.71. The second-order valence-electron chi connectivity index (χ2n) is 6.17. The SMILES string of the molecule is O=C(NC1(C(=O)O)CCCC1)c1ccn(C2CCCC2)n1. The average Bonchev–Trinajstić information content (AvgIpc) is 3.20. The molecule has 1 amide bonds. The fourth-order valence-electron chi connectivity index (χ4n) is 3.48. The summed E-state index contributed by atoms with van der Waals surface area (Å²) in [6.45, 7) is 0. The minimum Gasteiger partial charge on any atom is -0.480 e. The van der Waals surface area contributed by atoms with Gasteiger partial charge in [0.1, 0.15) is 11.2 Å². The summed E-state index contributed by atoms with van der Waals surface area (Å²) in [7, 11) is 0. The molecule has 3 rings (SSSR count). The van der Waals surface area contributed by atoms with Gasteiger partial charge in [-0.1, -0.05) is 25.7 Å². The molecule has 0 aliphatic heterocycles. The molecule has 2 saturated carbocycles. The van der Waals surface area contributed by atoms with Crippen molar-refractivity contribution >= 4 is 11.9 Å². The van der Waals surface area contributed by atoms with E-state index < -0.39 is 11.5 Å². The molecule has 0 bridgehead atoms. The zero-order valence-corrected chi connectivity index (χ0v) is 12.0. The number of carboxylic acids is 1. The summed E-state index contributed by atoms with van der Waals surface area (Å²) >= 11 is 0. The molecule has 0 unspecified atom stereocenters. The number of rotatable bonds is 4. The van der Waals surface area contributed by atoms with Gasteiger partial charge in [-0.05, 0) is 31.7 Å². The molecule has 2 aliphatic rings. The van der Waals surface area contributed by atoms with Crippen molar-refractivity contribution in [3.8, 4) is 0 Å². The van der Waals surface area contributed by atoms with Crippen molar-refractivity contribution in [2.24, 2.45) is 0 Å². The van der Waals surface area contributed by atoms with Crippen molar-refractivity contribution in [2.45, 2.75) is 62.9 Å². The molecule has 6 heteroatoms. The zero-order valence-electron chi connectivity index (χ0n) is 12.0. The molecule has 1 heterocycles. The highest BCUT2D eigenvalue weighted by atomic mass is 16.4. The number of aromatic nitrogens is 2. The van der Waals surface area contributed by atoms with E-state index in [1.807, 2.05) is 10.9 Å². The second-order valence-corrected chi connectivity index (χ2v) is 6.17. The quantitative estimate of drug-likeness (QED) is 0.890. The van der Waals surface area contributed by atoms with E-state index in [-0.39, 0.29) is 5.91 Å². The molecule has 1 aromatic rings. The molecule has 0 saturated heterocycles. The Bertz CT molecular complexity index is 540. The van der Waals surface area contributed by atoms with Gasteiger partial charge in [0, 0.05) is 6.20 Å². The standard InChI is InChI=1S/C15H21N3O3/c19-13(16-15(14(20)21)8-3-4-9-15)12-7-10-18(17-12)11-5-1-2-6-11/h7,10-11H,1-6,8-9H2,(H,16,19)(H,20,21). The third-order valence-corrected chi connectivity index (χ3v) is 4.76. The van der Waals surface area contributed by atoms with Gasteiger partial charge in [0.05, 0.1) is 6.04 Å². The van der Waals surface area contributed by atoms with E-state index in [1.54, 1.807) is 6.07 Å². The number of hydrogen-bond donors (Lipinski definition) is 2. The summed E-state index contributed by atoms with van der Waals surface area (Å²) < 4.78 is 1.85. The lowest BCUT2D eigenvalue weighted by Gasteiger charge is -2.24. The minimum atomic E-state index is -1.10. The summed E-state index contributed by atoms with van der Waals surface area (Å²) in [4.78, 5) is 23.8. The van der Waals surface area contributed by atoms with E-state index in [9.17, 15) is 14.7 Å².